The van der Waals surface area contributed by atoms with E-state index in [0.29, 0.717) is 6.61 Å². The largest absolute Gasteiger partial charge is 0.463 e. The van der Waals surface area contributed by atoms with E-state index >= 15 is 0 Å². The highest BCUT2D eigenvalue weighted by Crippen LogP contribution is 2.20. The number of ether oxygens (including phenoxy) is 1. The van der Waals surface area contributed by atoms with E-state index in [9.17, 15) is 4.79 Å². The molecule has 0 saturated heterocycles. The molecule has 0 spiro atoms. The Bertz CT molecular complexity index is 366. The van der Waals surface area contributed by atoms with Crippen LogP contribution in [0.25, 0.3) is 6.08 Å². The number of esters is 1. The lowest BCUT2D eigenvalue weighted by Crippen LogP contribution is -1.98. The first kappa shape index (κ1) is 12.5. The van der Waals surface area contributed by atoms with Gasteiger partial charge in [-0.1, -0.05) is 31.9 Å². The molecule has 0 saturated carbocycles. The maximum Gasteiger partial charge on any atom is 0.330 e. The van der Waals surface area contributed by atoms with Crippen LogP contribution in [0.5, 0.6) is 0 Å². The molecule has 2 nitrogen and oxygen atoms in total. The van der Waals surface area contributed by atoms with Crippen LogP contribution in [0.3, 0.4) is 0 Å². The number of hydrogen-bond donors (Lipinski definition) is 0. The molecule has 15 heavy (non-hydrogen) atoms. The number of benzene rings is 1. The van der Waals surface area contributed by atoms with E-state index in [1.54, 1.807) is 13.0 Å². The van der Waals surface area contributed by atoms with Crippen LogP contribution in [-0.4, -0.2) is 12.6 Å². The number of rotatable bonds is 3. The Labute approximate surface area is 106 Å². The van der Waals surface area contributed by atoms with E-state index in [4.69, 9.17) is 4.74 Å². The Morgan fingerprint density at radius 2 is 1.93 bits per heavy atom. The minimum Gasteiger partial charge on any atom is -0.463 e. The van der Waals surface area contributed by atoms with Crippen molar-refractivity contribution in [3.8, 4) is 0 Å². The van der Waals surface area contributed by atoms with Crippen LogP contribution in [0, 0.1) is 0 Å². The minimum atomic E-state index is -0.325. The lowest BCUT2D eigenvalue weighted by Gasteiger charge is -1.98. The van der Waals surface area contributed by atoms with Gasteiger partial charge in [0.15, 0.2) is 0 Å². The second-order valence-electron chi connectivity index (χ2n) is 2.79. The van der Waals surface area contributed by atoms with Crippen molar-refractivity contribution in [2.45, 2.75) is 6.92 Å². The van der Waals surface area contributed by atoms with Crippen LogP contribution in [-0.2, 0) is 9.53 Å². The van der Waals surface area contributed by atoms with Crippen LogP contribution in [0.1, 0.15) is 12.5 Å². The Balaban J connectivity index is 2.76. The fraction of sp³-hybridized carbons (Fsp3) is 0.182. The van der Waals surface area contributed by atoms with Crippen molar-refractivity contribution in [1.82, 2.24) is 0 Å². The third-order valence-corrected chi connectivity index (χ3v) is 2.50. The molecule has 0 aliphatic heterocycles. The molecule has 0 unspecified atom stereocenters. The summed E-state index contributed by atoms with van der Waals surface area (Å²) in [6.45, 7) is 2.17. The zero-order valence-electron chi connectivity index (χ0n) is 8.17. The summed E-state index contributed by atoms with van der Waals surface area (Å²) in [6, 6.07) is 5.77. The van der Waals surface area contributed by atoms with Gasteiger partial charge < -0.3 is 4.74 Å². The summed E-state index contributed by atoms with van der Waals surface area (Å²) >= 11 is 6.74. The Kier molecular flexibility index (Phi) is 5.05. The highest BCUT2D eigenvalue weighted by atomic mass is 79.9. The first-order valence-corrected chi connectivity index (χ1v) is 6.01. The van der Waals surface area contributed by atoms with Crippen molar-refractivity contribution in [3.63, 3.8) is 0 Å². The standard InChI is InChI=1S/C11H10Br2O2/c1-2-15-11(14)4-3-8-5-9(12)7-10(13)6-8/h3-7H,2H2,1H3. The van der Waals surface area contributed by atoms with Gasteiger partial charge in [-0.15, -0.1) is 0 Å². The summed E-state index contributed by atoms with van der Waals surface area (Å²) in [6.07, 6.45) is 3.13. The van der Waals surface area contributed by atoms with Crippen molar-refractivity contribution < 1.29 is 9.53 Å². The molecule has 0 fully saturated rings. The normalized spacial score (nSPS) is 10.6. The zero-order chi connectivity index (χ0) is 11.3. The van der Waals surface area contributed by atoms with Crippen molar-refractivity contribution >= 4 is 43.9 Å². The smallest absolute Gasteiger partial charge is 0.330 e. The number of carbonyl (C=O) groups is 1. The van der Waals surface area contributed by atoms with Gasteiger partial charge in [-0.25, -0.2) is 4.79 Å². The summed E-state index contributed by atoms with van der Waals surface area (Å²) < 4.78 is 6.69. The lowest BCUT2D eigenvalue weighted by atomic mass is 10.2. The van der Waals surface area contributed by atoms with Gasteiger partial charge in [-0.3, -0.25) is 0 Å². The topological polar surface area (TPSA) is 26.3 Å². The van der Waals surface area contributed by atoms with E-state index in [-0.39, 0.29) is 5.97 Å². The molecule has 0 aliphatic rings. The Morgan fingerprint density at radius 3 is 2.47 bits per heavy atom. The summed E-state index contributed by atoms with van der Waals surface area (Å²) in [4.78, 5) is 11.1. The maximum atomic E-state index is 11.1. The molecule has 0 amide bonds. The molecule has 0 radical (unpaired) electrons. The first-order chi connectivity index (χ1) is 7.11. The fourth-order valence-corrected chi connectivity index (χ4v) is 2.36. The Morgan fingerprint density at radius 1 is 1.33 bits per heavy atom. The molecule has 1 rings (SSSR count). The third kappa shape index (κ3) is 4.62. The number of hydrogen-bond acceptors (Lipinski definition) is 2. The second-order valence-corrected chi connectivity index (χ2v) is 4.62. The molecule has 0 bridgehead atoms. The lowest BCUT2D eigenvalue weighted by molar-refractivity contribution is -0.137. The molecule has 0 heterocycles. The van der Waals surface area contributed by atoms with Gasteiger partial charge in [0, 0.05) is 15.0 Å². The van der Waals surface area contributed by atoms with Gasteiger partial charge >= 0.3 is 5.97 Å². The molecule has 1 aromatic carbocycles. The van der Waals surface area contributed by atoms with Crippen LogP contribution in [0.4, 0.5) is 0 Å². The molecule has 0 aromatic heterocycles. The van der Waals surface area contributed by atoms with Gasteiger partial charge in [0.05, 0.1) is 6.61 Å². The summed E-state index contributed by atoms with van der Waals surface area (Å²) in [5.74, 6) is -0.325. The van der Waals surface area contributed by atoms with Crippen LogP contribution < -0.4 is 0 Å². The predicted molar refractivity (Wildman–Crippen MR) is 67.5 cm³/mol. The molecule has 1 aromatic rings. The van der Waals surface area contributed by atoms with E-state index in [1.807, 2.05) is 18.2 Å². The van der Waals surface area contributed by atoms with Crippen molar-refractivity contribution in [3.05, 3.63) is 38.8 Å². The highest BCUT2D eigenvalue weighted by molar-refractivity contribution is 9.11. The zero-order valence-corrected chi connectivity index (χ0v) is 11.3. The van der Waals surface area contributed by atoms with Gasteiger partial charge in [0.2, 0.25) is 0 Å². The third-order valence-electron chi connectivity index (χ3n) is 1.58. The van der Waals surface area contributed by atoms with Gasteiger partial charge in [-0.2, -0.15) is 0 Å². The molecular formula is C11H10Br2O2. The molecule has 0 aliphatic carbocycles. The maximum absolute atomic E-state index is 11.1. The summed E-state index contributed by atoms with van der Waals surface area (Å²) in [5, 5.41) is 0. The number of carbonyl (C=O) groups excluding carboxylic acids is 1. The molecule has 80 valence electrons. The van der Waals surface area contributed by atoms with E-state index < -0.39 is 0 Å². The van der Waals surface area contributed by atoms with Crippen molar-refractivity contribution in [2.24, 2.45) is 0 Å². The fourth-order valence-electron chi connectivity index (χ4n) is 1.03. The van der Waals surface area contributed by atoms with Gasteiger partial charge in [0.1, 0.15) is 0 Å². The molecular weight excluding hydrogens is 324 g/mol. The number of halogens is 2. The summed E-state index contributed by atoms with van der Waals surface area (Å²) in [5.41, 5.74) is 0.935. The van der Waals surface area contributed by atoms with E-state index in [1.165, 1.54) is 6.08 Å². The molecule has 4 heteroatoms. The average molecular weight is 334 g/mol. The van der Waals surface area contributed by atoms with E-state index in [2.05, 4.69) is 31.9 Å². The van der Waals surface area contributed by atoms with Crippen molar-refractivity contribution in [1.29, 1.82) is 0 Å². The SMILES string of the molecule is CCOC(=O)C=Cc1cc(Br)cc(Br)c1. The monoisotopic (exact) mass is 332 g/mol. The van der Waals surface area contributed by atoms with E-state index in [0.717, 1.165) is 14.5 Å². The van der Waals surface area contributed by atoms with Gasteiger partial charge in [0.25, 0.3) is 0 Å². The van der Waals surface area contributed by atoms with Crippen molar-refractivity contribution in [2.75, 3.05) is 6.61 Å². The van der Waals surface area contributed by atoms with Crippen LogP contribution in [0.15, 0.2) is 33.2 Å². The Hall–Kier alpha value is -0.610. The summed E-state index contributed by atoms with van der Waals surface area (Å²) in [7, 11) is 0. The van der Waals surface area contributed by atoms with Gasteiger partial charge in [-0.05, 0) is 36.8 Å². The second kappa shape index (κ2) is 6.08. The molecule has 0 N–H and O–H groups in total. The first-order valence-electron chi connectivity index (χ1n) is 4.42. The highest BCUT2D eigenvalue weighted by Gasteiger charge is 1.96. The minimum absolute atomic E-state index is 0.325. The average Bonchev–Trinajstić information content (AvgIpc) is 2.14. The quantitative estimate of drug-likeness (QED) is 0.621. The predicted octanol–water partition coefficient (Wildman–Crippen LogP) is 3.79. The van der Waals surface area contributed by atoms with Crippen LogP contribution >= 0.6 is 31.9 Å². The molecule has 0 atom stereocenters. The van der Waals surface area contributed by atoms with Crippen LogP contribution in [0.2, 0.25) is 0 Å².